The summed E-state index contributed by atoms with van der Waals surface area (Å²) in [5.74, 6) is 0. The van der Waals surface area contributed by atoms with Crippen molar-refractivity contribution in [2.75, 3.05) is 10.2 Å². The summed E-state index contributed by atoms with van der Waals surface area (Å²) >= 11 is 3.52. The molecule has 0 spiro atoms. The second kappa shape index (κ2) is 6.31. The molecule has 1 aliphatic rings. The van der Waals surface area contributed by atoms with E-state index in [9.17, 15) is 4.79 Å². The van der Waals surface area contributed by atoms with E-state index in [1.54, 1.807) is 0 Å². The fraction of sp³-hybridized carbons (Fsp3) is 0.235. The maximum Gasteiger partial charge on any atom is 0.322 e. The Labute approximate surface area is 133 Å². The molecule has 0 saturated heterocycles. The molecule has 3 rings (SSSR count). The van der Waals surface area contributed by atoms with Gasteiger partial charge >= 0.3 is 6.03 Å². The molecule has 1 aliphatic heterocycles. The van der Waals surface area contributed by atoms with Gasteiger partial charge in [-0.05, 0) is 23.6 Å². The van der Waals surface area contributed by atoms with Crippen LogP contribution in [-0.2, 0) is 13.0 Å². The van der Waals surface area contributed by atoms with Crippen molar-refractivity contribution >= 4 is 27.6 Å². The van der Waals surface area contributed by atoms with Crippen molar-refractivity contribution in [3.8, 4) is 0 Å². The zero-order valence-corrected chi connectivity index (χ0v) is 13.2. The van der Waals surface area contributed by atoms with Crippen molar-refractivity contribution in [1.29, 1.82) is 0 Å². The average molecular weight is 345 g/mol. The predicted octanol–water partition coefficient (Wildman–Crippen LogP) is 3.72. The molecule has 1 atom stereocenters. The number of halogens is 1. The second-order valence-electron chi connectivity index (χ2n) is 5.16. The Balaban J connectivity index is 1.74. The minimum atomic E-state index is -0.0340. The van der Waals surface area contributed by atoms with Crippen LogP contribution >= 0.6 is 15.9 Å². The summed E-state index contributed by atoms with van der Waals surface area (Å²) in [6.07, 6.45) is 0.903. The van der Waals surface area contributed by atoms with Gasteiger partial charge in [0.2, 0.25) is 0 Å². The normalized spacial score (nSPS) is 16.6. The first-order valence-electron chi connectivity index (χ1n) is 7.04. The summed E-state index contributed by atoms with van der Waals surface area (Å²) in [6.45, 7) is 0.549. The molecule has 0 bridgehead atoms. The van der Waals surface area contributed by atoms with Gasteiger partial charge in [-0.3, -0.25) is 4.90 Å². The minimum absolute atomic E-state index is 0.0340. The van der Waals surface area contributed by atoms with Gasteiger partial charge in [0.25, 0.3) is 0 Å². The summed E-state index contributed by atoms with van der Waals surface area (Å²) in [5.41, 5.74) is 3.36. The number of anilines is 1. The molecule has 2 aromatic rings. The summed E-state index contributed by atoms with van der Waals surface area (Å²) in [7, 11) is 0. The van der Waals surface area contributed by atoms with E-state index in [1.807, 2.05) is 53.4 Å². The highest BCUT2D eigenvalue weighted by molar-refractivity contribution is 9.09. The lowest BCUT2D eigenvalue weighted by molar-refractivity contribution is 0.245. The smallest absolute Gasteiger partial charge is 0.322 e. The summed E-state index contributed by atoms with van der Waals surface area (Å²) in [4.78, 5) is 14.4. The van der Waals surface area contributed by atoms with Gasteiger partial charge in [0, 0.05) is 17.6 Å². The quantitative estimate of drug-likeness (QED) is 0.845. The van der Waals surface area contributed by atoms with Crippen molar-refractivity contribution in [1.82, 2.24) is 5.32 Å². The number of carbonyl (C=O) groups is 1. The van der Waals surface area contributed by atoms with Crippen molar-refractivity contribution in [3.63, 3.8) is 0 Å². The average Bonchev–Trinajstić information content (AvgIpc) is 2.92. The number of benzene rings is 2. The molecule has 0 saturated carbocycles. The molecule has 0 radical (unpaired) electrons. The molecule has 2 aromatic carbocycles. The van der Waals surface area contributed by atoms with E-state index in [0.29, 0.717) is 6.54 Å². The lowest BCUT2D eigenvalue weighted by atomic mass is 10.1. The van der Waals surface area contributed by atoms with Gasteiger partial charge in [0.05, 0.1) is 6.04 Å². The Morgan fingerprint density at radius 1 is 1.14 bits per heavy atom. The van der Waals surface area contributed by atoms with Crippen LogP contribution in [0.25, 0.3) is 0 Å². The highest BCUT2D eigenvalue weighted by Crippen LogP contribution is 2.32. The molecule has 108 valence electrons. The van der Waals surface area contributed by atoms with Crippen LogP contribution in [0.3, 0.4) is 0 Å². The van der Waals surface area contributed by atoms with E-state index in [4.69, 9.17) is 0 Å². The number of rotatable bonds is 3. The molecule has 0 aromatic heterocycles. The third kappa shape index (κ3) is 2.95. The fourth-order valence-electron chi connectivity index (χ4n) is 2.72. The van der Waals surface area contributed by atoms with E-state index in [0.717, 1.165) is 23.0 Å². The fourth-order valence-corrected chi connectivity index (χ4v) is 3.24. The van der Waals surface area contributed by atoms with Crippen LogP contribution < -0.4 is 10.2 Å². The van der Waals surface area contributed by atoms with Crippen molar-refractivity contribution in [2.24, 2.45) is 0 Å². The first kappa shape index (κ1) is 14.1. The third-order valence-electron chi connectivity index (χ3n) is 3.76. The van der Waals surface area contributed by atoms with Crippen molar-refractivity contribution in [3.05, 3.63) is 65.7 Å². The lowest BCUT2D eigenvalue weighted by Gasteiger charge is -2.24. The van der Waals surface area contributed by atoms with Gasteiger partial charge in [-0.15, -0.1) is 0 Å². The number of amides is 2. The van der Waals surface area contributed by atoms with Gasteiger partial charge in [0.1, 0.15) is 0 Å². The highest BCUT2D eigenvalue weighted by atomic mass is 79.9. The number of urea groups is 1. The Morgan fingerprint density at radius 2 is 1.86 bits per heavy atom. The molecule has 3 nitrogen and oxygen atoms in total. The third-order valence-corrected chi connectivity index (χ3v) is 4.50. The Kier molecular flexibility index (Phi) is 4.25. The number of alkyl halides is 1. The maximum absolute atomic E-state index is 12.5. The van der Waals surface area contributed by atoms with E-state index >= 15 is 0 Å². The van der Waals surface area contributed by atoms with Gasteiger partial charge in [-0.1, -0.05) is 64.5 Å². The van der Waals surface area contributed by atoms with Gasteiger partial charge < -0.3 is 5.32 Å². The zero-order valence-electron chi connectivity index (χ0n) is 11.6. The Morgan fingerprint density at radius 3 is 2.62 bits per heavy atom. The first-order chi connectivity index (χ1) is 10.3. The minimum Gasteiger partial charge on any atom is -0.334 e. The molecule has 21 heavy (non-hydrogen) atoms. The van der Waals surface area contributed by atoms with E-state index in [-0.39, 0.29) is 12.1 Å². The molecule has 1 heterocycles. The lowest BCUT2D eigenvalue weighted by Crippen LogP contribution is -2.45. The largest absolute Gasteiger partial charge is 0.334 e. The van der Waals surface area contributed by atoms with Crippen LogP contribution in [0.15, 0.2) is 54.6 Å². The molecular formula is C17H17BrN2O. The topological polar surface area (TPSA) is 32.3 Å². The standard InChI is InChI=1S/C17H17BrN2O/c18-11-15-10-14-8-4-5-9-16(14)20(15)17(21)19-12-13-6-2-1-3-7-13/h1-9,15H,10-12H2,(H,19,21). The van der Waals surface area contributed by atoms with Crippen LogP contribution in [0.5, 0.6) is 0 Å². The number of fused-ring (bicyclic) bond motifs is 1. The number of hydrogen-bond acceptors (Lipinski definition) is 1. The van der Waals surface area contributed by atoms with Gasteiger partial charge in [0.15, 0.2) is 0 Å². The molecule has 1 unspecified atom stereocenters. The Hall–Kier alpha value is -1.81. The Bertz CT molecular complexity index is 630. The first-order valence-corrected chi connectivity index (χ1v) is 8.16. The van der Waals surface area contributed by atoms with Crippen LogP contribution in [0.1, 0.15) is 11.1 Å². The summed E-state index contributed by atoms with van der Waals surface area (Å²) < 4.78 is 0. The molecule has 0 fully saturated rings. The molecular weight excluding hydrogens is 328 g/mol. The predicted molar refractivity (Wildman–Crippen MR) is 88.9 cm³/mol. The molecule has 1 N–H and O–H groups in total. The van der Waals surface area contributed by atoms with Crippen LogP contribution in [-0.4, -0.2) is 17.4 Å². The van der Waals surface area contributed by atoms with E-state index in [2.05, 4.69) is 27.3 Å². The summed E-state index contributed by atoms with van der Waals surface area (Å²) in [6, 6.07) is 18.2. The molecule has 2 amide bonds. The monoisotopic (exact) mass is 344 g/mol. The molecule has 0 aliphatic carbocycles. The van der Waals surface area contributed by atoms with Gasteiger partial charge in [-0.2, -0.15) is 0 Å². The van der Waals surface area contributed by atoms with Crippen LogP contribution in [0.4, 0.5) is 10.5 Å². The zero-order chi connectivity index (χ0) is 14.7. The second-order valence-corrected chi connectivity index (χ2v) is 5.80. The molecule has 4 heteroatoms. The van der Waals surface area contributed by atoms with Crippen molar-refractivity contribution < 1.29 is 4.79 Å². The maximum atomic E-state index is 12.5. The van der Waals surface area contributed by atoms with Gasteiger partial charge in [-0.25, -0.2) is 4.79 Å². The van der Waals surface area contributed by atoms with E-state index in [1.165, 1.54) is 5.56 Å². The highest BCUT2D eigenvalue weighted by Gasteiger charge is 2.32. The number of carbonyl (C=O) groups excluding carboxylic acids is 1. The number of hydrogen-bond donors (Lipinski definition) is 1. The SMILES string of the molecule is O=C(NCc1ccccc1)N1c2ccccc2CC1CBr. The number of nitrogens with zero attached hydrogens (tertiary/aromatic N) is 1. The van der Waals surface area contributed by atoms with Crippen molar-refractivity contribution in [2.45, 2.75) is 19.0 Å². The van der Waals surface area contributed by atoms with Crippen LogP contribution in [0.2, 0.25) is 0 Å². The summed E-state index contributed by atoms with van der Waals surface area (Å²) in [5, 5.41) is 3.79. The number of para-hydroxylation sites is 1. The number of nitrogens with one attached hydrogen (secondary N) is 1. The van der Waals surface area contributed by atoms with Crippen LogP contribution in [0, 0.1) is 0 Å². The van der Waals surface area contributed by atoms with E-state index < -0.39 is 0 Å².